The standard InChI is InChI=1S/C14H16BrN3O4/c1-3-5-16-13(20)14(21)18-17-8-9-6-10(15)12(19)11(7-9)22-4-2/h3,6-8,19H,1,4-5H2,2H3,(H,16,20)(H,18,21)/b17-8-. The van der Waals surface area contributed by atoms with Gasteiger partial charge in [-0.2, -0.15) is 5.10 Å². The smallest absolute Gasteiger partial charge is 0.329 e. The lowest BCUT2D eigenvalue weighted by atomic mass is 10.2. The van der Waals surface area contributed by atoms with Gasteiger partial charge in [0.1, 0.15) is 0 Å². The summed E-state index contributed by atoms with van der Waals surface area (Å²) in [4.78, 5) is 22.7. The Morgan fingerprint density at radius 3 is 2.82 bits per heavy atom. The largest absolute Gasteiger partial charge is 0.503 e. The molecule has 7 nitrogen and oxygen atoms in total. The Labute approximate surface area is 136 Å². The highest BCUT2D eigenvalue weighted by molar-refractivity contribution is 9.10. The molecule has 0 aromatic heterocycles. The number of amides is 2. The Bertz CT molecular complexity index is 602. The fourth-order valence-corrected chi connectivity index (χ4v) is 1.85. The van der Waals surface area contributed by atoms with Crippen molar-refractivity contribution in [1.82, 2.24) is 10.7 Å². The molecule has 0 fully saturated rings. The van der Waals surface area contributed by atoms with Crippen LogP contribution in [0.1, 0.15) is 12.5 Å². The van der Waals surface area contributed by atoms with Gasteiger partial charge in [-0.1, -0.05) is 6.08 Å². The van der Waals surface area contributed by atoms with Crippen LogP contribution in [0.2, 0.25) is 0 Å². The number of hydrogen-bond donors (Lipinski definition) is 3. The van der Waals surface area contributed by atoms with Gasteiger partial charge in [-0.05, 0) is 40.5 Å². The number of carbonyl (C=O) groups excluding carboxylic acids is 2. The van der Waals surface area contributed by atoms with E-state index in [1.807, 2.05) is 0 Å². The lowest BCUT2D eigenvalue weighted by molar-refractivity contribution is -0.139. The van der Waals surface area contributed by atoms with Gasteiger partial charge in [0.25, 0.3) is 0 Å². The normalized spacial score (nSPS) is 10.3. The van der Waals surface area contributed by atoms with Crippen LogP contribution in [-0.2, 0) is 9.59 Å². The minimum absolute atomic E-state index is 0.0214. The number of aromatic hydroxyl groups is 1. The van der Waals surface area contributed by atoms with Gasteiger partial charge in [-0.3, -0.25) is 9.59 Å². The highest BCUT2D eigenvalue weighted by Gasteiger charge is 2.11. The van der Waals surface area contributed by atoms with Gasteiger partial charge in [0, 0.05) is 6.54 Å². The van der Waals surface area contributed by atoms with Crippen LogP contribution in [0.25, 0.3) is 0 Å². The first-order valence-corrected chi connectivity index (χ1v) is 7.16. The molecule has 0 saturated heterocycles. The predicted octanol–water partition coefficient (Wildman–Crippen LogP) is 1.31. The van der Waals surface area contributed by atoms with E-state index in [1.165, 1.54) is 12.3 Å². The number of carbonyl (C=O) groups is 2. The number of phenols is 1. The number of hydrazone groups is 1. The van der Waals surface area contributed by atoms with Crippen molar-refractivity contribution in [3.63, 3.8) is 0 Å². The molecule has 0 aliphatic heterocycles. The fraction of sp³-hybridized carbons (Fsp3) is 0.214. The van der Waals surface area contributed by atoms with Crippen LogP contribution in [-0.4, -0.2) is 36.3 Å². The number of halogens is 1. The highest BCUT2D eigenvalue weighted by Crippen LogP contribution is 2.34. The molecule has 0 heterocycles. The van der Waals surface area contributed by atoms with Crippen molar-refractivity contribution < 1.29 is 19.4 Å². The molecule has 0 aliphatic carbocycles. The van der Waals surface area contributed by atoms with Crippen molar-refractivity contribution in [1.29, 1.82) is 0 Å². The van der Waals surface area contributed by atoms with Gasteiger partial charge < -0.3 is 15.2 Å². The Morgan fingerprint density at radius 2 is 2.18 bits per heavy atom. The monoisotopic (exact) mass is 369 g/mol. The van der Waals surface area contributed by atoms with E-state index >= 15 is 0 Å². The lowest BCUT2D eigenvalue weighted by Crippen LogP contribution is -2.37. The number of nitrogens with zero attached hydrogens (tertiary/aromatic N) is 1. The summed E-state index contributed by atoms with van der Waals surface area (Å²) in [5.74, 6) is -1.43. The molecule has 0 saturated carbocycles. The van der Waals surface area contributed by atoms with Gasteiger partial charge in [0.2, 0.25) is 0 Å². The Balaban J connectivity index is 2.72. The zero-order valence-corrected chi connectivity index (χ0v) is 13.5. The van der Waals surface area contributed by atoms with Gasteiger partial charge in [-0.25, -0.2) is 5.43 Å². The molecule has 0 aliphatic rings. The second-order valence-electron chi connectivity index (χ2n) is 3.98. The maximum absolute atomic E-state index is 11.4. The third kappa shape index (κ3) is 5.21. The van der Waals surface area contributed by atoms with E-state index in [4.69, 9.17) is 4.74 Å². The molecule has 0 radical (unpaired) electrons. The van der Waals surface area contributed by atoms with Crippen molar-refractivity contribution >= 4 is 34.0 Å². The third-order valence-corrected chi connectivity index (χ3v) is 2.95. The molecule has 0 spiro atoms. The molecule has 1 aromatic rings. The van der Waals surface area contributed by atoms with E-state index in [2.05, 4.69) is 38.4 Å². The molecule has 118 valence electrons. The number of benzene rings is 1. The van der Waals surface area contributed by atoms with Crippen molar-refractivity contribution in [2.45, 2.75) is 6.92 Å². The first-order valence-electron chi connectivity index (χ1n) is 6.37. The van der Waals surface area contributed by atoms with Gasteiger partial charge in [0.05, 0.1) is 17.3 Å². The van der Waals surface area contributed by atoms with Crippen molar-refractivity contribution in [3.8, 4) is 11.5 Å². The summed E-state index contributed by atoms with van der Waals surface area (Å²) in [6.45, 7) is 5.79. The van der Waals surface area contributed by atoms with Crippen LogP contribution >= 0.6 is 15.9 Å². The molecule has 1 aromatic carbocycles. The highest BCUT2D eigenvalue weighted by atomic mass is 79.9. The zero-order chi connectivity index (χ0) is 16.5. The molecule has 3 N–H and O–H groups in total. The first kappa shape index (κ1) is 17.7. The first-order chi connectivity index (χ1) is 10.5. The maximum Gasteiger partial charge on any atom is 0.329 e. The van der Waals surface area contributed by atoms with E-state index in [0.717, 1.165) is 0 Å². The molecule has 0 unspecified atom stereocenters. The average molecular weight is 370 g/mol. The summed E-state index contributed by atoms with van der Waals surface area (Å²) < 4.78 is 5.69. The van der Waals surface area contributed by atoms with Crippen LogP contribution in [0, 0.1) is 0 Å². The fourth-order valence-electron chi connectivity index (χ4n) is 1.40. The van der Waals surface area contributed by atoms with Crippen LogP contribution < -0.4 is 15.5 Å². The van der Waals surface area contributed by atoms with Gasteiger partial charge in [0.15, 0.2) is 11.5 Å². The molecule has 1 rings (SSSR count). The number of rotatable bonds is 6. The van der Waals surface area contributed by atoms with E-state index < -0.39 is 11.8 Å². The van der Waals surface area contributed by atoms with Crippen LogP contribution in [0.3, 0.4) is 0 Å². The average Bonchev–Trinajstić information content (AvgIpc) is 2.49. The Morgan fingerprint density at radius 1 is 1.45 bits per heavy atom. The quantitative estimate of drug-likeness (QED) is 0.304. The van der Waals surface area contributed by atoms with Gasteiger partial charge >= 0.3 is 11.8 Å². The molecule has 2 amide bonds. The van der Waals surface area contributed by atoms with Gasteiger partial charge in [-0.15, -0.1) is 6.58 Å². The number of hydrogen-bond acceptors (Lipinski definition) is 5. The van der Waals surface area contributed by atoms with E-state index in [-0.39, 0.29) is 18.0 Å². The summed E-state index contributed by atoms with van der Waals surface area (Å²) in [5.41, 5.74) is 2.66. The SMILES string of the molecule is C=CCNC(=O)C(=O)N/N=C\c1cc(Br)c(O)c(OCC)c1. The van der Waals surface area contributed by atoms with Crippen molar-refractivity contribution in [2.24, 2.45) is 5.10 Å². The number of ether oxygens (including phenoxy) is 1. The summed E-state index contributed by atoms with van der Waals surface area (Å²) in [6.07, 6.45) is 2.78. The zero-order valence-electron chi connectivity index (χ0n) is 11.9. The molecule has 0 atom stereocenters. The van der Waals surface area contributed by atoms with Crippen LogP contribution in [0.4, 0.5) is 0 Å². The summed E-state index contributed by atoms with van der Waals surface area (Å²) >= 11 is 3.19. The number of nitrogens with one attached hydrogen (secondary N) is 2. The summed E-state index contributed by atoms with van der Waals surface area (Å²) in [7, 11) is 0. The van der Waals surface area contributed by atoms with E-state index in [1.54, 1.807) is 19.1 Å². The Hall–Kier alpha value is -2.35. The van der Waals surface area contributed by atoms with Crippen LogP contribution in [0.5, 0.6) is 11.5 Å². The summed E-state index contributed by atoms with van der Waals surface area (Å²) in [6, 6.07) is 3.14. The molecular weight excluding hydrogens is 354 g/mol. The Kier molecular flexibility index (Phi) is 7.11. The second kappa shape index (κ2) is 8.83. The molecule has 0 bridgehead atoms. The third-order valence-electron chi connectivity index (χ3n) is 2.34. The number of phenolic OH excluding ortho intramolecular Hbond substituents is 1. The molecular formula is C14H16BrN3O4. The van der Waals surface area contributed by atoms with E-state index in [9.17, 15) is 14.7 Å². The minimum atomic E-state index is -0.888. The second-order valence-corrected chi connectivity index (χ2v) is 4.83. The maximum atomic E-state index is 11.4. The lowest BCUT2D eigenvalue weighted by Gasteiger charge is -2.08. The van der Waals surface area contributed by atoms with Crippen molar-refractivity contribution in [2.75, 3.05) is 13.2 Å². The van der Waals surface area contributed by atoms with E-state index in [0.29, 0.717) is 16.6 Å². The van der Waals surface area contributed by atoms with Crippen molar-refractivity contribution in [3.05, 3.63) is 34.8 Å². The predicted molar refractivity (Wildman–Crippen MR) is 85.9 cm³/mol. The molecule has 8 heteroatoms. The summed E-state index contributed by atoms with van der Waals surface area (Å²) in [5, 5.41) is 15.8. The van der Waals surface area contributed by atoms with Crippen LogP contribution in [0.15, 0.2) is 34.4 Å². The minimum Gasteiger partial charge on any atom is -0.503 e. The molecule has 22 heavy (non-hydrogen) atoms. The topological polar surface area (TPSA) is 100 Å².